The number of carbonyl (C=O) groups excluding carboxylic acids is 1. The first-order valence-corrected chi connectivity index (χ1v) is 10.0. The number of likely N-dealkylation sites (tertiary alicyclic amines) is 1. The molecule has 2 atom stereocenters. The molecule has 3 rings (SSSR count). The van der Waals surface area contributed by atoms with Crippen molar-refractivity contribution >= 4 is 11.9 Å². The molecule has 174 valence electrons. The summed E-state index contributed by atoms with van der Waals surface area (Å²) in [4.78, 5) is 25.6. The number of hydrogen-bond acceptors (Lipinski definition) is 4. The molecule has 1 spiro atoms. The summed E-state index contributed by atoms with van der Waals surface area (Å²) in [6.45, 7) is 3.92. The molecule has 1 N–H and O–H groups in total. The van der Waals surface area contributed by atoms with E-state index >= 15 is 0 Å². The maximum Gasteiger partial charge on any atom is 0.490 e. The molecule has 2 fully saturated rings. The number of carboxylic acids is 1. The summed E-state index contributed by atoms with van der Waals surface area (Å²) < 4.78 is 51.9. The fourth-order valence-electron chi connectivity index (χ4n) is 3.89. The molecule has 2 aliphatic heterocycles. The molecular weight excluding hydrogens is 420 g/mol. The zero-order valence-corrected chi connectivity index (χ0v) is 17.8. The minimum atomic E-state index is -5.08. The quantitative estimate of drug-likeness (QED) is 0.717. The molecule has 2 saturated heterocycles. The van der Waals surface area contributed by atoms with E-state index in [1.807, 2.05) is 4.90 Å². The second kappa shape index (κ2) is 9.95. The summed E-state index contributed by atoms with van der Waals surface area (Å²) in [5, 5.41) is 7.12. The number of aliphatic carboxylic acids is 1. The van der Waals surface area contributed by atoms with Crippen molar-refractivity contribution in [1.29, 1.82) is 0 Å². The van der Waals surface area contributed by atoms with E-state index in [1.54, 1.807) is 19.1 Å². The van der Waals surface area contributed by atoms with Crippen molar-refractivity contribution in [3.8, 4) is 0 Å². The molecule has 0 unspecified atom stereocenters. The highest BCUT2D eigenvalue weighted by molar-refractivity contribution is 5.94. The van der Waals surface area contributed by atoms with E-state index < -0.39 is 12.1 Å². The van der Waals surface area contributed by atoms with Gasteiger partial charge in [-0.05, 0) is 64.4 Å². The van der Waals surface area contributed by atoms with Gasteiger partial charge >= 0.3 is 12.1 Å². The number of amides is 1. The van der Waals surface area contributed by atoms with Gasteiger partial charge in [-0.3, -0.25) is 4.79 Å². The van der Waals surface area contributed by atoms with Gasteiger partial charge in [0.2, 0.25) is 0 Å². The third kappa shape index (κ3) is 6.90. The van der Waals surface area contributed by atoms with Crippen LogP contribution < -0.4 is 0 Å². The van der Waals surface area contributed by atoms with Crippen LogP contribution in [0.25, 0.3) is 0 Å². The van der Waals surface area contributed by atoms with Crippen LogP contribution in [0, 0.1) is 12.7 Å². The molecular formula is C21H28F4N2O4. The number of carbonyl (C=O) groups is 2. The van der Waals surface area contributed by atoms with Crippen molar-refractivity contribution in [2.45, 2.75) is 50.5 Å². The topological polar surface area (TPSA) is 70.1 Å². The zero-order valence-electron chi connectivity index (χ0n) is 17.8. The fraction of sp³-hybridized carbons (Fsp3) is 0.619. The van der Waals surface area contributed by atoms with Crippen LogP contribution in [0.2, 0.25) is 0 Å². The van der Waals surface area contributed by atoms with Crippen molar-refractivity contribution < 1.29 is 37.0 Å². The van der Waals surface area contributed by atoms with E-state index in [4.69, 9.17) is 14.6 Å². The smallest absolute Gasteiger partial charge is 0.475 e. The third-order valence-corrected chi connectivity index (χ3v) is 5.41. The minimum absolute atomic E-state index is 0.0934. The molecule has 31 heavy (non-hydrogen) atoms. The van der Waals surface area contributed by atoms with Gasteiger partial charge < -0.3 is 19.6 Å². The van der Waals surface area contributed by atoms with Crippen LogP contribution in [-0.4, -0.2) is 78.4 Å². The molecule has 1 aromatic rings. The van der Waals surface area contributed by atoms with Crippen LogP contribution in [0.3, 0.4) is 0 Å². The number of halogens is 4. The van der Waals surface area contributed by atoms with Gasteiger partial charge in [-0.15, -0.1) is 0 Å². The van der Waals surface area contributed by atoms with Gasteiger partial charge in [-0.25, -0.2) is 9.18 Å². The van der Waals surface area contributed by atoms with Crippen LogP contribution in [0.1, 0.15) is 41.6 Å². The molecule has 0 aliphatic carbocycles. The average molecular weight is 448 g/mol. The summed E-state index contributed by atoms with van der Waals surface area (Å²) in [5.41, 5.74) is 0.778. The summed E-state index contributed by atoms with van der Waals surface area (Å²) in [7, 11) is 4.11. The van der Waals surface area contributed by atoms with E-state index in [2.05, 4.69) is 19.0 Å². The number of benzene rings is 1. The molecule has 1 amide bonds. The van der Waals surface area contributed by atoms with Crippen molar-refractivity contribution in [3.05, 3.63) is 35.1 Å². The number of nitrogens with zero attached hydrogens (tertiary/aromatic N) is 2. The number of ether oxygens (including phenoxy) is 1. The molecule has 0 radical (unpaired) electrons. The van der Waals surface area contributed by atoms with Gasteiger partial charge in [-0.1, -0.05) is 6.07 Å². The van der Waals surface area contributed by atoms with Crippen molar-refractivity contribution in [3.63, 3.8) is 0 Å². The highest BCUT2D eigenvalue weighted by atomic mass is 19.4. The van der Waals surface area contributed by atoms with E-state index in [1.165, 1.54) is 6.07 Å². The van der Waals surface area contributed by atoms with Gasteiger partial charge in [0.05, 0.1) is 18.2 Å². The Morgan fingerprint density at radius 2 is 1.94 bits per heavy atom. The largest absolute Gasteiger partial charge is 0.490 e. The summed E-state index contributed by atoms with van der Waals surface area (Å²) in [5.74, 6) is -3.17. The number of rotatable bonds is 3. The molecule has 6 nitrogen and oxygen atoms in total. The van der Waals surface area contributed by atoms with Crippen LogP contribution in [0.4, 0.5) is 17.6 Å². The van der Waals surface area contributed by atoms with E-state index in [9.17, 15) is 22.4 Å². The second-order valence-corrected chi connectivity index (χ2v) is 8.32. The average Bonchev–Trinajstić information content (AvgIpc) is 3.05. The zero-order chi connectivity index (χ0) is 23.4. The lowest BCUT2D eigenvalue weighted by Crippen LogP contribution is -2.46. The first kappa shape index (κ1) is 25.1. The SMILES string of the molecule is Cc1ccc(C(=O)N2CC[C@]3(CCC[C@H](CN(C)C)O3)C2)cc1F.O=C(O)C(F)(F)F. The molecule has 2 heterocycles. The van der Waals surface area contributed by atoms with Gasteiger partial charge in [0.1, 0.15) is 5.82 Å². The standard InChI is InChI=1S/C19H27FN2O2.C2HF3O2/c1-14-6-7-15(11-17(14)20)18(23)22-10-9-19(13-22)8-4-5-16(24-19)12-21(2)3;3-2(4,5)1(6)7/h6-7,11,16H,4-5,8-10,12-13H2,1-3H3;(H,6,7)/t16-,19-;/m1./s1. The lowest BCUT2D eigenvalue weighted by atomic mass is 9.90. The van der Waals surface area contributed by atoms with Crippen molar-refractivity contribution in [2.75, 3.05) is 33.7 Å². The number of aryl methyl sites for hydroxylation is 1. The first-order chi connectivity index (χ1) is 14.3. The van der Waals surface area contributed by atoms with Crippen LogP contribution in [0.15, 0.2) is 18.2 Å². The Kier molecular flexibility index (Phi) is 8.04. The van der Waals surface area contributed by atoms with Crippen molar-refractivity contribution in [1.82, 2.24) is 9.80 Å². The van der Waals surface area contributed by atoms with E-state index in [-0.39, 0.29) is 23.4 Å². The summed E-state index contributed by atoms with van der Waals surface area (Å²) in [6.07, 6.45) is -0.753. The van der Waals surface area contributed by atoms with Gasteiger partial charge in [0, 0.05) is 18.7 Å². The normalized spacial score (nSPS) is 23.6. The molecule has 1 aromatic carbocycles. The second-order valence-electron chi connectivity index (χ2n) is 8.32. The Balaban J connectivity index is 0.000000423. The predicted octanol–water partition coefficient (Wildman–Crippen LogP) is 3.48. The maximum atomic E-state index is 13.7. The number of carboxylic acid groups (broad SMARTS) is 1. The monoisotopic (exact) mass is 448 g/mol. The lowest BCUT2D eigenvalue weighted by molar-refractivity contribution is -0.192. The summed E-state index contributed by atoms with van der Waals surface area (Å²) in [6, 6.07) is 4.72. The van der Waals surface area contributed by atoms with Crippen LogP contribution >= 0.6 is 0 Å². The number of hydrogen-bond donors (Lipinski definition) is 1. The Hall–Kier alpha value is -2.20. The molecule has 2 aliphatic rings. The maximum absolute atomic E-state index is 13.7. The van der Waals surface area contributed by atoms with Gasteiger partial charge in [0.25, 0.3) is 5.91 Å². The predicted molar refractivity (Wildman–Crippen MR) is 105 cm³/mol. The fourth-order valence-corrected chi connectivity index (χ4v) is 3.89. The minimum Gasteiger partial charge on any atom is -0.475 e. The van der Waals surface area contributed by atoms with E-state index in [0.29, 0.717) is 24.2 Å². The third-order valence-electron chi connectivity index (χ3n) is 5.41. The van der Waals surface area contributed by atoms with E-state index in [0.717, 1.165) is 32.2 Å². The Bertz CT molecular complexity index is 800. The molecule has 0 aromatic heterocycles. The highest BCUT2D eigenvalue weighted by Gasteiger charge is 2.44. The van der Waals surface area contributed by atoms with Gasteiger partial charge in [0.15, 0.2) is 0 Å². The molecule has 0 bridgehead atoms. The number of likely N-dealkylation sites (N-methyl/N-ethyl adjacent to an activating group) is 1. The Morgan fingerprint density at radius 3 is 2.48 bits per heavy atom. The Morgan fingerprint density at radius 1 is 1.29 bits per heavy atom. The first-order valence-electron chi connectivity index (χ1n) is 10.0. The van der Waals surface area contributed by atoms with Crippen LogP contribution in [-0.2, 0) is 9.53 Å². The Labute approximate surface area is 178 Å². The summed E-state index contributed by atoms with van der Waals surface area (Å²) >= 11 is 0. The highest BCUT2D eigenvalue weighted by Crippen LogP contribution is 2.37. The lowest BCUT2D eigenvalue weighted by Gasteiger charge is -2.39. The number of alkyl halides is 3. The van der Waals surface area contributed by atoms with Crippen molar-refractivity contribution in [2.24, 2.45) is 0 Å². The van der Waals surface area contributed by atoms with Gasteiger partial charge in [-0.2, -0.15) is 13.2 Å². The molecule has 0 saturated carbocycles. The molecule has 10 heteroatoms. The van der Waals surface area contributed by atoms with Crippen LogP contribution in [0.5, 0.6) is 0 Å².